The van der Waals surface area contributed by atoms with Crippen molar-refractivity contribution in [1.82, 2.24) is 14.4 Å². The summed E-state index contributed by atoms with van der Waals surface area (Å²) in [6.45, 7) is 17.1. The van der Waals surface area contributed by atoms with Gasteiger partial charge in [0.2, 0.25) is 0 Å². The van der Waals surface area contributed by atoms with Crippen molar-refractivity contribution in [3.8, 4) is 5.75 Å². The highest BCUT2D eigenvalue weighted by atomic mass is 28.3. The van der Waals surface area contributed by atoms with E-state index in [1.54, 1.807) is 4.90 Å². The van der Waals surface area contributed by atoms with Gasteiger partial charge in [0.15, 0.2) is 5.58 Å². The molecule has 45 heavy (non-hydrogen) atoms. The normalized spacial score (nSPS) is 19.5. The highest BCUT2D eigenvalue weighted by molar-refractivity contribution is 6.76. The number of nitrogens with zero attached hydrogens (tertiary/aromatic N) is 3. The smallest absolute Gasteiger partial charge is 0.421 e. The van der Waals surface area contributed by atoms with Crippen molar-refractivity contribution in [2.75, 3.05) is 19.7 Å². The maximum absolute atomic E-state index is 13.6. The quantitative estimate of drug-likeness (QED) is 0.198. The van der Waals surface area contributed by atoms with E-state index in [0.717, 1.165) is 30.0 Å². The van der Waals surface area contributed by atoms with E-state index >= 15 is 0 Å². The van der Waals surface area contributed by atoms with Crippen LogP contribution in [0.3, 0.4) is 0 Å². The van der Waals surface area contributed by atoms with Gasteiger partial charge in [-0.3, -0.25) is 4.79 Å². The molecule has 2 fully saturated rings. The molecule has 2 aliphatic heterocycles. The summed E-state index contributed by atoms with van der Waals surface area (Å²) in [4.78, 5) is 42.0. The van der Waals surface area contributed by atoms with Crippen molar-refractivity contribution in [2.24, 2.45) is 5.41 Å². The Balaban J connectivity index is 1.05. The number of fused-ring (bicyclic) bond motifs is 2. The number of amides is 2. The second-order valence-electron chi connectivity index (χ2n) is 15.3. The Hall–Kier alpha value is -3.57. The first-order chi connectivity index (χ1) is 21.1. The third kappa shape index (κ3) is 6.56. The summed E-state index contributed by atoms with van der Waals surface area (Å²) < 4.78 is 24.6. The van der Waals surface area contributed by atoms with Crippen molar-refractivity contribution in [2.45, 2.75) is 97.2 Å². The van der Waals surface area contributed by atoms with Gasteiger partial charge in [0.25, 0.3) is 5.91 Å². The number of likely N-dealkylation sites (tertiary alicyclic amines) is 1. The molecule has 6 rings (SSSR count). The first-order valence-corrected chi connectivity index (χ1v) is 19.6. The van der Waals surface area contributed by atoms with Crippen LogP contribution in [-0.2, 0) is 22.7 Å². The molecule has 1 saturated heterocycles. The number of carbonyl (C=O) groups is 2. The van der Waals surface area contributed by atoms with Crippen LogP contribution in [0.25, 0.3) is 11.1 Å². The minimum absolute atomic E-state index is 0.0463. The molecule has 1 spiro atoms. The molecule has 11 heteroatoms. The number of hydrogen-bond donors (Lipinski definition) is 0. The van der Waals surface area contributed by atoms with Gasteiger partial charge in [-0.05, 0) is 82.0 Å². The molecule has 1 unspecified atom stereocenters. The molecule has 1 aromatic heterocycles. The largest absolute Gasteiger partial charge is 0.490 e. The molecule has 2 aromatic carbocycles. The van der Waals surface area contributed by atoms with E-state index < -0.39 is 19.4 Å². The average molecular weight is 636 g/mol. The fourth-order valence-corrected chi connectivity index (χ4v) is 7.34. The number of ether oxygens (including phenoxy) is 3. The lowest BCUT2D eigenvalue weighted by Crippen LogP contribution is -2.66. The molecule has 10 nitrogen and oxygen atoms in total. The Morgan fingerprint density at radius 1 is 1.07 bits per heavy atom. The first kappa shape index (κ1) is 31.4. The van der Waals surface area contributed by atoms with Crippen LogP contribution in [0.4, 0.5) is 4.79 Å². The van der Waals surface area contributed by atoms with Crippen molar-refractivity contribution < 1.29 is 28.2 Å². The third-order valence-corrected chi connectivity index (χ3v) is 10.8. The van der Waals surface area contributed by atoms with Crippen LogP contribution in [0, 0.1) is 5.41 Å². The lowest BCUT2D eigenvalue weighted by molar-refractivity contribution is -0.116. The topological polar surface area (TPSA) is 103 Å². The molecule has 3 heterocycles. The van der Waals surface area contributed by atoms with Crippen LogP contribution in [0.1, 0.15) is 68.1 Å². The predicted octanol–water partition coefficient (Wildman–Crippen LogP) is 6.40. The number of benzene rings is 2. The summed E-state index contributed by atoms with van der Waals surface area (Å²) in [5.41, 5.74) is 3.29. The average Bonchev–Trinajstić information content (AvgIpc) is 3.33. The zero-order valence-electron chi connectivity index (χ0n) is 27.5. The van der Waals surface area contributed by atoms with Crippen molar-refractivity contribution in [3.63, 3.8) is 0 Å². The van der Waals surface area contributed by atoms with Gasteiger partial charge in [0.05, 0.1) is 11.6 Å². The van der Waals surface area contributed by atoms with Crippen LogP contribution in [0.5, 0.6) is 5.75 Å². The zero-order chi connectivity index (χ0) is 32.3. The Kier molecular flexibility index (Phi) is 7.92. The highest BCUT2D eigenvalue weighted by Crippen LogP contribution is 2.50. The summed E-state index contributed by atoms with van der Waals surface area (Å²) >= 11 is 0. The van der Waals surface area contributed by atoms with Gasteiger partial charge in [0, 0.05) is 45.3 Å². The van der Waals surface area contributed by atoms with E-state index in [0.29, 0.717) is 48.7 Å². The van der Waals surface area contributed by atoms with Crippen molar-refractivity contribution in [1.29, 1.82) is 0 Å². The molecule has 2 amide bonds. The molecule has 1 aliphatic carbocycles. The summed E-state index contributed by atoms with van der Waals surface area (Å²) in [7, 11) is -1.22. The Morgan fingerprint density at radius 2 is 1.80 bits per heavy atom. The van der Waals surface area contributed by atoms with Crippen molar-refractivity contribution >= 4 is 31.2 Å². The highest BCUT2D eigenvalue weighted by Gasteiger charge is 2.55. The minimum Gasteiger partial charge on any atom is -0.490 e. The second-order valence-corrected chi connectivity index (χ2v) is 20.9. The first-order valence-electron chi connectivity index (χ1n) is 15.9. The van der Waals surface area contributed by atoms with Gasteiger partial charge in [-0.25, -0.2) is 14.2 Å². The van der Waals surface area contributed by atoms with Gasteiger partial charge < -0.3 is 28.4 Å². The lowest BCUT2D eigenvalue weighted by atomic mass is 9.62. The second kappa shape index (κ2) is 11.3. The number of carbonyl (C=O) groups excluding carboxylic acids is 2. The fourth-order valence-electron chi connectivity index (χ4n) is 6.59. The number of aromatic nitrogens is 1. The molecule has 3 aromatic rings. The van der Waals surface area contributed by atoms with E-state index in [1.807, 2.05) is 69.0 Å². The SMILES string of the molecule is CC1c2ccc(OC3CC4(C3)CN(C(=O)OC(C)(C)C)C4)cc2C(=O)N1Cc1ccc2c(c1)oc(=O)n2COCC[Si](C)(C)C. The number of rotatable bonds is 9. The van der Waals surface area contributed by atoms with Crippen LogP contribution in [0.15, 0.2) is 45.6 Å². The van der Waals surface area contributed by atoms with Crippen LogP contribution in [0.2, 0.25) is 25.7 Å². The molecule has 0 N–H and O–H groups in total. The Labute approximate surface area is 265 Å². The maximum Gasteiger partial charge on any atom is 0.421 e. The van der Waals surface area contributed by atoms with Gasteiger partial charge in [-0.2, -0.15) is 0 Å². The van der Waals surface area contributed by atoms with Crippen LogP contribution in [-0.4, -0.2) is 65.8 Å². The van der Waals surface area contributed by atoms with E-state index in [2.05, 4.69) is 19.6 Å². The van der Waals surface area contributed by atoms with E-state index in [9.17, 15) is 14.4 Å². The predicted molar refractivity (Wildman–Crippen MR) is 173 cm³/mol. The minimum atomic E-state index is -1.22. The summed E-state index contributed by atoms with van der Waals surface area (Å²) in [5.74, 6) is 0.196. The Morgan fingerprint density at radius 3 is 2.49 bits per heavy atom. The monoisotopic (exact) mass is 635 g/mol. The lowest BCUT2D eigenvalue weighted by Gasteiger charge is -2.58. The summed E-state index contributed by atoms with van der Waals surface area (Å²) in [6, 6.07) is 12.3. The van der Waals surface area contributed by atoms with Crippen molar-refractivity contribution in [3.05, 3.63) is 63.6 Å². The third-order valence-electron chi connectivity index (χ3n) is 9.06. The fraction of sp³-hybridized carbons (Fsp3) is 0.559. The molecule has 0 bridgehead atoms. The zero-order valence-corrected chi connectivity index (χ0v) is 28.5. The molecule has 1 saturated carbocycles. The van der Waals surface area contributed by atoms with Gasteiger partial charge >= 0.3 is 11.8 Å². The molecule has 1 atom stereocenters. The molecule has 0 radical (unpaired) electrons. The van der Waals surface area contributed by atoms with Gasteiger partial charge in [-0.1, -0.05) is 31.8 Å². The van der Waals surface area contributed by atoms with Crippen LogP contribution < -0.4 is 10.5 Å². The summed E-state index contributed by atoms with van der Waals surface area (Å²) in [5, 5.41) is 0. The standard InChI is InChI=1S/C34H45N3O7Si/c1-22-26-10-9-24(42-25-16-34(17-25)19-35(20-34)31(39)44-33(2,3)4)15-27(26)30(38)36(22)18-23-8-11-28-29(14-23)43-32(40)37(28)21-41-12-13-45(5,6)7/h8-11,14-15,22,25H,12-13,16-21H2,1-7H3. The van der Waals surface area contributed by atoms with E-state index in [4.69, 9.17) is 18.6 Å². The number of oxazole rings is 1. The van der Waals surface area contributed by atoms with Crippen LogP contribution >= 0.6 is 0 Å². The van der Waals surface area contributed by atoms with Gasteiger partial charge in [-0.15, -0.1) is 0 Å². The molecular weight excluding hydrogens is 590 g/mol. The Bertz CT molecular complexity index is 1670. The number of hydrogen-bond acceptors (Lipinski definition) is 7. The van der Waals surface area contributed by atoms with E-state index in [-0.39, 0.29) is 36.3 Å². The van der Waals surface area contributed by atoms with E-state index in [1.165, 1.54) is 4.57 Å². The molecular formula is C34H45N3O7Si. The van der Waals surface area contributed by atoms with Gasteiger partial charge in [0.1, 0.15) is 24.2 Å². The summed E-state index contributed by atoms with van der Waals surface area (Å²) in [6.07, 6.45) is 1.57. The molecule has 242 valence electrons. The maximum atomic E-state index is 13.6. The molecule has 3 aliphatic rings.